The van der Waals surface area contributed by atoms with Crippen molar-refractivity contribution in [1.82, 2.24) is 0 Å². The highest BCUT2D eigenvalue weighted by Crippen LogP contribution is 2.93. The van der Waals surface area contributed by atoms with E-state index in [2.05, 4.69) is 0 Å². The molecule has 0 radical (unpaired) electrons. The zero-order valence-electron chi connectivity index (χ0n) is 29.1. The molecule has 6 saturated carbocycles. The van der Waals surface area contributed by atoms with E-state index in [1.54, 1.807) is 19.1 Å². The third kappa shape index (κ3) is 3.62. The van der Waals surface area contributed by atoms with Gasteiger partial charge in [0.05, 0.1) is 32.2 Å². The summed E-state index contributed by atoms with van der Waals surface area (Å²) in [5, 5.41) is 35.5. The van der Waals surface area contributed by atoms with Crippen LogP contribution in [0.2, 0.25) is 0 Å². The molecule has 2 bridgehead atoms. The lowest BCUT2D eigenvalue weighted by molar-refractivity contribution is -0.237. The van der Waals surface area contributed by atoms with Gasteiger partial charge in [0.15, 0.2) is 22.9 Å². The van der Waals surface area contributed by atoms with Crippen molar-refractivity contribution in [3.63, 3.8) is 0 Å². The van der Waals surface area contributed by atoms with Crippen LogP contribution in [0.5, 0.6) is 11.5 Å². The number of aliphatic hydroxyl groups is 2. The van der Waals surface area contributed by atoms with E-state index in [1.165, 1.54) is 20.1 Å². The van der Waals surface area contributed by atoms with Gasteiger partial charge in [-0.3, -0.25) is 19.2 Å². The lowest BCUT2D eigenvalue weighted by Crippen LogP contribution is -2.67. The summed E-state index contributed by atoms with van der Waals surface area (Å²) in [4.78, 5) is 53.8. The van der Waals surface area contributed by atoms with Crippen LogP contribution in [-0.4, -0.2) is 75.6 Å². The van der Waals surface area contributed by atoms with E-state index in [1.807, 2.05) is 51.1 Å². The van der Waals surface area contributed by atoms with E-state index in [4.69, 9.17) is 18.9 Å². The van der Waals surface area contributed by atoms with Crippen LogP contribution in [0.1, 0.15) is 52.2 Å². The van der Waals surface area contributed by atoms with Gasteiger partial charge in [-0.05, 0) is 47.4 Å². The van der Waals surface area contributed by atoms with E-state index in [0.717, 1.165) is 5.56 Å². The topological polar surface area (TPSA) is 166 Å². The number of methoxy groups -OCH3 is 1. The summed E-state index contributed by atoms with van der Waals surface area (Å²) in [6.45, 7) is 8.68. The molecule has 0 aromatic heterocycles. The third-order valence-corrected chi connectivity index (χ3v) is 14.4. The molecule has 0 amide bonds. The molecule has 11 heteroatoms. The molecule has 2 aromatic rings. The molecule has 6 aliphatic rings. The van der Waals surface area contributed by atoms with E-state index in [9.17, 15) is 34.5 Å². The first-order valence-corrected chi connectivity index (χ1v) is 17.4. The quantitative estimate of drug-likeness (QED) is 0.262. The summed E-state index contributed by atoms with van der Waals surface area (Å²) >= 11 is 0. The SMILES string of the molecule is COc1cc(CC(=O)OC[C@@]23C[C@@]4(O)C(=O)[C@]2(C)[C@H]2[C@@H]3[C@H]3[C@@H]5C(C)(C)[C@]5(OC(C)=O)[C@H](OC(=O)Cc5ccccc5)[C@@H](C)[C@]3(O)[C@H]24)ccc1O. The van der Waals surface area contributed by atoms with Crippen LogP contribution in [-0.2, 0) is 46.2 Å². The number of carbonyl (C=O) groups is 4. The van der Waals surface area contributed by atoms with Gasteiger partial charge in [0.1, 0.15) is 11.7 Å². The van der Waals surface area contributed by atoms with Gasteiger partial charge in [0.25, 0.3) is 0 Å². The lowest BCUT2D eigenvalue weighted by atomic mass is 9.37. The average molecular weight is 689 g/mol. The van der Waals surface area contributed by atoms with Crippen molar-refractivity contribution >= 4 is 23.7 Å². The minimum Gasteiger partial charge on any atom is -0.504 e. The van der Waals surface area contributed by atoms with Crippen LogP contribution in [0.3, 0.4) is 0 Å². The number of hydrogen-bond acceptors (Lipinski definition) is 11. The van der Waals surface area contributed by atoms with E-state index in [-0.39, 0.29) is 49.1 Å². The molecular weight excluding hydrogens is 644 g/mol. The van der Waals surface area contributed by atoms with Crippen molar-refractivity contribution in [1.29, 1.82) is 0 Å². The van der Waals surface area contributed by atoms with Crippen molar-refractivity contribution in [2.24, 2.45) is 51.8 Å². The van der Waals surface area contributed by atoms with E-state index < -0.39 is 86.6 Å². The molecule has 8 rings (SSSR count). The third-order valence-electron chi connectivity index (χ3n) is 14.4. The first kappa shape index (κ1) is 33.2. The molecular formula is C39H44O11. The van der Waals surface area contributed by atoms with Gasteiger partial charge in [-0.25, -0.2) is 0 Å². The number of ketones is 1. The number of rotatable bonds is 9. The second-order valence-electron chi connectivity index (χ2n) is 16.5. The molecule has 0 aliphatic heterocycles. The Balaban J connectivity index is 1.15. The fourth-order valence-electron chi connectivity index (χ4n) is 12.7. The summed E-state index contributed by atoms with van der Waals surface area (Å²) in [5.41, 5.74) is -6.22. The summed E-state index contributed by atoms with van der Waals surface area (Å²) in [6.07, 6.45) is -1.14. The Morgan fingerprint density at radius 2 is 1.58 bits per heavy atom. The zero-order chi connectivity index (χ0) is 36.0. The Bertz CT molecular complexity index is 1840. The minimum absolute atomic E-state index is 0.0201. The zero-order valence-corrected chi connectivity index (χ0v) is 29.1. The second kappa shape index (κ2) is 10.1. The van der Waals surface area contributed by atoms with Crippen LogP contribution in [0.15, 0.2) is 48.5 Å². The average Bonchev–Trinajstić information content (AvgIpc) is 3.27. The van der Waals surface area contributed by atoms with Gasteiger partial charge in [-0.1, -0.05) is 64.1 Å². The molecule has 6 aliphatic carbocycles. The highest BCUT2D eigenvalue weighted by molar-refractivity contribution is 6.01. The molecule has 0 heterocycles. The molecule has 2 aromatic carbocycles. The number of carbonyl (C=O) groups excluding carboxylic acids is 4. The van der Waals surface area contributed by atoms with Gasteiger partial charge >= 0.3 is 17.9 Å². The summed E-state index contributed by atoms with van der Waals surface area (Å²) < 4.78 is 23.6. The molecule has 50 heavy (non-hydrogen) atoms. The van der Waals surface area contributed by atoms with Gasteiger partial charge in [-0.2, -0.15) is 0 Å². The molecule has 0 spiro atoms. The molecule has 12 atom stereocenters. The number of hydrogen-bond donors (Lipinski definition) is 3. The maximum absolute atomic E-state index is 14.2. The number of fused-ring (bicyclic) bond motifs is 8. The number of Topliss-reactive ketones (excluding diaryl/α,β-unsaturated/α-hetero) is 1. The van der Waals surface area contributed by atoms with Gasteiger partial charge < -0.3 is 34.3 Å². The van der Waals surface area contributed by atoms with Gasteiger partial charge in [0, 0.05) is 40.9 Å². The Hall–Kier alpha value is -3.96. The number of aromatic hydroxyl groups is 1. The smallest absolute Gasteiger partial charge is 0.310 e. The molecule has 6 fully saturated rings. The van der Waals surface area contributed by atoms with Crippen molar-refractivity contribution in [3.05, 3.63) is 59.7 Å². The number of phenols is 1. The second-order valence-corrected chi connectivity index (χ2v) is 16.5. The normalized spacial score (nSPS) is 43.3. The van der Waals surface area contributed by atoms with Crippen LogP contribution < -0.4 is 4.74 Å². The van der Waals surface area contributed by atoms with Crippen molar-refractivity contribution in [2.45, 2.75) is 76.8 Å². The monoisotopic (exact) mass is 688 g/mol. The number of phenolic OH excluding ortho intramolecular Hbond substituents is 1. The predicted molar refractivity (Wildman–Crippen MR) is 174 cm³/mol. The molecule has 266 valence electrons. The van der Waals surface area contributed by atoms with Crippen LogP contribution in [0, 0.1) is 51.8 Å². The number of esters is 3. The summed E-state index contributed by atoms with van der Waals surface area (Å²) in [6, 6.07) is 13.7. The van der Waals surface area contributed by atoms with Crippen LogP contribution in [0.25, 0.3) is 0 Å². The van der Waals surface area contributed by atoms with Crippen molar-refractivity contribution < 1.29 is 53.4 Å². The predicted octanol–water partition coefficient (Wildman–Crippen LogP) is 3.18. The van der Waals surface area contributed by atoms with Gasteiger partial charge in [-0.15, -0.1) is 0 Å². The fraction of sp³-hybridized carbons (Fsp3) is 0.590. The Labute approximate surface area is 290 Å². The first-order chi connectivity index (χ1) is 23.5. The molecule has 3 N–H and O–H groups in total. The fourth-order valence-corrected chi connectivity index (χ4v) is 12.7. The van der Waals surface area contributed by atoms with Crippen molar-refractivity contribution in [2.75, 3.05) is 13.7 Å². The van der Waals surface area contributed by atoms with E-state index >= 15 is 0 Å². The summed E-state index contributed by atoms with van der Waals surface area (Å²) in [7, 11) is 1.41. The maximum Gasteiger partial charge on any atom is 0.310 e. The first-order valence-electron chi connectivity index (χ1n) is 17.4. The highest BCUT2D eigenvalue weighted by Gasteiger charge is 3.01. The largest absolute Gasteiger partial charge is 0.504 e. The van der Waals surface area contributed by atoms with Crippen LogP contribution >= 0.6 is 0 Å². The lowest BCUT2D eigenvalue weighted by Gasteiger charge is -2.65. The summed E-state index contributed by atoms with van der Waals surface area (Å²) in [5.74, 6) is -5.19. The standard InChI is InChI=1S/C39H44O11/c1-19-32(49-26(43)15-21-10-8-7-9-11-21)39(50-20(2)40)30(34(39,3)4)29-27-28-31(38(19,29)46)37(45)17-36(27,35(28,5)33(37)44)18-48-25(42)16-22-12-13-23(41)24(14-22)47-6/h7-14,19,27-32,41,45-46H,15-18H2,1-6H3/t19-,27-,28+,29+,30-,31-,32-,35+,36-,37+,38-,39-/m1/s1. The number of benzene rings is 2. The Morgan fingerprint density at radius 3 is 2.22 bits per heavy atom. The molecule has 0 saturated heterocycles. The number of ether oxygens (including phenoxy) is 4. The molecule has 11 nitrogen and oxygen atoms in total. The van der Waals surface area contributed by atoms with Crippen LogP contribution in [0.4, 0.5) is 0 Å². The Kier molecular flexibility index (Phi) is 6.70. The maximum atomic E-state index is 14.2. The Morgan fingerprint density at radius 1 is 0.900 bits per heavy atom. The molecule has 0 unspecified atom stereocenters. The highest BCUT2D eigenvalue weighted by atomic mass is 16.6. The van der Waals surface area contributed by atoms with Crippen molar-refractivity contribution in [3.8, 4) is 11.5 Å². The van der Waals surface area contributed by atoms with E-state index in [0.29, 0.717) is 5.56 Å². The minimum atomic E-state index is -1.87. The van der Waals surface area contributed by atoms with Gasteiger partial charge in [0.2, 0.25) is 0 Å².